The third-order valence-electron chi connectivity index (χ3n) is 4.43. The molecule has 0 fully saturated rings. The molecule has 0 saturated heterocycles. The number of carbonyl (C=O) groups is 1. The minimum absolute atomic E-state index is 0.201. The molecule has 5 nitrogen and oxygen atoms in total. The fourth-order valence-electron chi connectivity index (χ4n) is 2.76. The van der Waals surface area contributed by atoms with E-state index in [-0.39, 0.29) is 17.3 Å². The number of carbonyl (C=O) groups excluding carboxylic acids is 1. The normalized spacial score (nSPS) is 11.4. The summed E-state index contributed by atoms with van der Waals surface area (Å²) in [5.74, 6) is -0.264. The third-order valence-corrected chi connectivity index (χ3v) is 6.49. The molecular formula is C22H21ClN2O3S. The minimum Gasteiger partial charge on any atom is -0.322 e. The number of halogens is 1. The lowest BCUT2D eigenvalue weighted by atomic mass is 10.1. The van der Waals surface area contributed by atoms with Crippen LogP contribution in [0.4, 0.5) is 5.69 Å². The molecule has 0 spiro atoms. The molecule has 0 aromatic heterocycles. The van der Waals surface area contributed by atoms with Crippen LogP contribution in [0.5, 0.6) is 0 Å². The standard InChI is InChI=1S/C22H21ClN2O3S/c1-16-6-12-21(13-7-16)29(27,28)25(2)15-17-8-10-18(11-9-17)22(26)24-20-5-3-4-19(23)14-20/h3-14H,15H2,1-2H3,(H,24,26). The lowest BCUT2D eigenvalue weighted by Crippen LogP contribution is -2.26. The number of hydrogen-bond donors (Lipinski definition) is 1. The smallest absolute Gasteiger partial charge is 0.255 e. The Kier molecular flexibility index (Phi) is 6.37. The van der Waals surface area contributed by atoms with Crippen LogP contribution in [0.3, 0.4) is 0 Å². The lowest BCUT2D eigenvalue weighted by Gasteiger charge is -2.17. The summed E-state index contributed by atoms with van der Waals surface area (Å²) < 4.78 is 26.7. The molecular weight excluding hydrogens is 408 g/mol. The van der Waals surface area contributed by atoms with Gasteiger partial charge in [-0.1, -0.05) is 47.5 Å². The van der Waals surface area contributed by atoms with Gasteiger partial charge in [-0.2, -0.15) is 4.31 Å². The summed E-state index contributed by atoms with van der Waals surface area (Å²) in [6, 6.07) is 20.5. The number of hydrogen-bond acceptors (Lipinski definition) is 3. The van der Waals surface area contributed by atoms with E-state index in [2.05, 4.69) is 5.32 Å². The molecule has 0 aliphatic rings. The maximum atomic E-state index is 12.7. The van der Waals surface area contributed by atoms with Crippen LogP contribution in [0, 0.1) is 6.92 Å². The average Bonchev–Trinajstić information content (AvgIpc) is 2.69. The summed E-state index contributed by atoms with van der Waals surface area (Å²) in [6.45, 7) is 2.11. The van der Waals surface area contributed by atoms with E-state index in [0.717, 1.165) is 11.1 Å². The van der Waals surface area contributed by atoms with Gasteiger partial charge in [0.2, 0.25) is 10.0 Å². The molecule has 29 heavy (non-hydrogen) atoms. The van der Waals surface area contributed by atoms with E-state index in [1.807, 2.05) is 6.92 Å². The zero-order valence-corrected chi connectivity index (χ0v) is 17.7. The molecule has 3 aromatic carbocycles. The van der Waals surface area contributed by atoms with Gasteiger partial charge in [-0.15, -0.1) is 0 Å². The Morgan fingerprint density at radius 2 is 1.66 bits per heavy atom. The quantitative estimate of drug-likeness (QED) is 0.617. The first kappa shape index (κ1) is 21.0. The van der Waals surface area contributed by atoms with Gasteiger partial charge in [0.05, 0.1) is 4.90 Å². The summed E-state index contributed by atoms with van der Waals surface area (Å²) in [7, 11) is -2.05. The maximum Gasteiger partial charge on any atom is 0.255 e. The van der Waals surface area contributed by atoms with Crippen molar-refractivity contribution in [1.29, 1.82) is 0 Å². The first-order chi connectivity index (χ1) is 13.8. The van der Waals surface area contributed by atoms with Crippen molar-refractivity contribution in [3.63, 3.8) is 0 Å². The fourth-order valence-corrected chi connectivity index (χ4v) is 4.11. The maximum absolute atomic E-state index is 12.7. The largest absolute Gasteiger partial charge is 0.322 e. The van der Waals surface area contributed by atoms with Gasteiger partial charge in [0.15, 0.2) is 0 Å². The van der Waals surface area contributed by atoms with Crippen LogP contribution in [0.1, 0.15) is 21.5 Å². The summed E-state index contributed by atoms with van der Waals surface area (Å²) >= 11 is 5.93. The Morgan fingerprint density at radius 1 is 1.00 bits per heavy atom. The summed E-state index contributed by atoms with van der Waals surface area (Å²) in [5, 5.41) is 3.32. The molecule has 1 N–H and O–H groups in total. The van der Waals surface area contributed by atoms with Crippen LogP contribution in [0.15, 0.2) is 77.7 Å². The number of anilines is 1. The van der Waals surface area contributed by atoms with E-state index in [9.17, 15) is 13.2 Å². The monoisotopic (exact) mass is 428 g/mol. The van der Waals surface area contributed by atoms with Gasteiger partial charge >= 0.3 is 0 Å². The number of nitrogens with zero attached hydrogens (tertiary/aromatic N) is 1. The van der Waals surface area contributed by atoms with Crippen molar-refractivity contribution in [2.24, 2.45) is 0 Å². The van der Waals surface area contributed by atoms with E-state index >= 15 is 0 Å². The molecule has 0 heterocycles. The minimum atomic E-state index is -3.58. The van der Waals surface area contributed by atoms with Crippen molar-refractivity contribution in [2.45, 2.75) is 18.4 Å². The van der Waals surface area contributed by atoms with E-state index < -0.39 is 10.0 Å². The second-order valence-corrected chi connectivity index (χ2v) is 9.22. The Balaban J connectivity index is 1.68. The van der Waals surface area contributed by atoms with Gasteiger partial charge in [0.1, 0.15) is 0 Å². The number of sulfonamides is 1. The zero-order valence-electron chi connectivity index (χ0n) is 16.1. The predicted molar refractivity (Wildman–Crippen MR) is 116 cm³/mol. The van der Waals surface area contributed by atoms with Gasteiger partial charge in [-0.3, -0.25) is 4.79 Å². The Morgan fingerprint density at radius 3 is 2.28 bits per heavy atom. The highest BCUT2D eigenvalue weighted by Gasteiger charge is 2.20. The van der Waals surface area contributed by atoms with E-state index in [4.69, 9.17) is 11.6 Å². The van der Waals surface area contributed by atoms with Crippen molar-refractivity contribution in [2.75, 3.05) is 12.4 Å². The highest BCUT2D eigenvalue weighted by molar-refractivity contribution is 7.89. The summed E-state index contributed by atoms with van der Waals surface area (Å²) in [5.41, 5.74) is 2.86. The molecule has 0 atom stereocenters. The second kappa shape index (κ2) is 8.78. The topological polar surface area (TPSA) is 66.5 Å². The van der Waals surface area contributed by atoms with Gasteiger partial charge in [-0.05, 0) is 55.0 Å². The molecule has 0 aliphatic carbocycles. The van der Waals surface area contributed by atoms with Crippen molar-refractivity contribution in [3.05, 3.63) is 94.5 Å². The molecule has 0 aliphatic heterocycles. The predicted octanol–water partition coefficient (Wildman–Crippen LogP) is 4.72. The Hall–Kier alpha value is -2.67. The van der Waals surface area contributed by atoms with Crippen molar-refractivity contribution >= 4 is 33.2 Å². The SMILES string of the molecule is Cc1ccc(S(=O)(=O)N(C)Cc2ccc(C(=O)Nc3cccc(Cl)c3)cc2)cc1. The Bertz CT molecular complexity index is 1110. The number of benzene rings is 3. The van der Waals surface area contributed by atoms with Crippen LogP contribution in [-0.2, 0) is 16.6 Å². The zero-order chi connectivity index (χ0) is 21.0. The Labute approximate surface area is 176 Å². The molecule has 3 rings (SSSR count). The van der Waals surface area contributed by atoms with E-state index in [1.165, 1.54) is 11.4 Å². The number of nitrogens with one attached hydrogen (secondary N) is 1. The van der Waals surface area contributed by atoms with E-state index in [1.54, 1.807) is 72.8 Å². The van der Waals surface area contributed by atoms with Gasteiger partial charge < -0.3 is 5.32 Å². The van der Waals surface area contributed by atoms with Crippen molar-refractivity contribution in [3.8, 4) is 0 Å². The van der Waals surface area contributed by atoms with Crippen LogP contribution in [0.25, 0.3) is 0 Å². The molecule has 0 unspecified atom stereocenters. The average molecular weight is 429 g/mol. The molecule has 0 saturated carbocycles. The highest BCUT2D eigenvalue weighted by atomic mass is 35.5. The molecule has 0 bridgehead atoms. The number of rotatable bonds is 6. The molecule has 150 valence electrons. The lowest BCUT2D eigenvalue weighted by molar-refractivity contribution is 0.102. The van der Waals surface area contributed by atoms with E-state index in [0.29, 0.717) is 16.3 Å². The van der Waals surface area contributed by atoms with Crippen LogP contribution >= 0.6 is 11.6 Å². The second-order valence-electron chi connectivity index (χ2n) is 6.74. The number of amides is 1. The number of aryl methyl sites for hydroxylation is 1. The van der Waals surface area contributed by atoms with Gasteiger partial charge in [0.25, 0.3) is 5.91 Å². The molecule has 0 radical (unpaired) electrons. The van der Waals surface area contributed by atoms with Crippen molar-refractivity contribution in [1.82, 2.24) is 4.31 Å². The van der Waals surface area contributed by atoms with Crippen LogP contribution < -0.4 is 5.32 Å². The van der Waals surface area contributed by atoms with Crippen molar-refractivity contribution < 1.29 is 13.2 Å². The molecule has 7 heteroatoms. The summed E-state index contributed by atoms with van der Waals surface area (Å²) in [4.78, 5) is 12.6. The first-order valence-electron chi connectivity index (χ1n) is 8.94. The third kappa shape index (κ3) is 5.23. The molecule has 1 amide bonds. The van der Waals surface area contributed by atoms with Gasteiger partial charge in [0, 0.05) is 29.9 Å². The summed E-state index contributed by atoms with van der Waals surface area (Å²) in [6.07, 6.45) is 0. The van der Waals surface area contributed by atoms with Crippen LogP contribution in [-0.4, -0.2) is 25.7 Å². The molecule has 3 aromatic rings. The van der Waals surface area contributed by atoms with Gasteiger partial charge in [-0.25, -0.2) is 8.42 Å². The fraction of sp³-hybridized carbons (Fsp3) is 0.136. The first-order valence-corrected chi connectivity index (χ1v) is 10.8. The highest BCUT2D eigenvalue weighted by Crippen LogP contribution is 2.19. The van der Waals surface area contributed by atoms with Crippen LogP contribution in [0.2, 0.25) is 5.02 Å².